The smallest absolute Gasteiger partial charge is 0.251 e. The maximum absolute atomic E-state index is 12.8. The minimum atomic E-state index is -0.120. The van der Waals surface area contributed by atoms with Crippen LogP contribution < -0.4 is 10.6 Å². The molecule has 2 amide bonds. The van der Waals surface area contributed by atoms with Crippen LogP contribution in [0.4, 0.5) is 5.69 Å². The van der Waals surface area contributed by atoms with Crippen LogP contribution in [0.3, 0.4) is 0 Å². The number of carbonyl (C=O) groups excluding carboxylic acids is 2. The number of aryl methyl sites for hydroxylation is 2. The third-order valence-electron chi connectivity index (χ3n) is 5.52. The van der Waals surface area contributed by atoms with Crippen LogP contribution >= 0.6 is 0 Å². The lowest BCUT2D eigenvalue weighted by atomic mass is 10.0. The lowest BCUT2D eigenvalue weighted by Gasteiger charge is -2.33. The van der Waals surface area contributed by atoms with Gasteiger partial charge < -0.3 is 19.8 Å². The Morgan fingerprint density at radius 1 is 1.21 bits per heavy atom. The minimum Gasteiger partial charge on any atom is -0.465 e. The van der Waals surface area contributed by atoms with Crippen molar-refractivity contribution in [1.29, 1.82) is 0 Å². The largest absolute Gasteiger partial charge is 0.465 e. The van der Waals surface area contributed by atoms with E-state index in [0.29, 0.717) is 31.7 Å². The summed E-state index contributed by atoms with van der Waals surface area (Å²) in [7, 11) is 0. The average Bonchev–Trinajstić information content (AvgIpc) is 3.06. The van der Waals surface area contributed by atoms with E-state index in [9.17, 15) is 9.59 Å². The lowest BCUT2D eigenvalue weighted by Crippen LogP contribution is -2.43. The molecule has 0 spiro atoms. The number of carbonyl (C=O) groups is 2. The summed E-state index contributed by atoms with van der Waals surface area (Å²) < 4.78 is 11.3. The van der Waals surface area contributed by atoms with Crippen molar-refractivity contribution in [3.8, 4) is 0 Å². The fourth-order valence-corrected chi connectivity index (χ4v) is 3.94. The Balaban J connectivity index is 1.46. The normalized spacial score (nSPS) is 18.4. The van der Waals surface area contributed by atoms with Crippen LogP contribution in [0.25, 0.3) is 0 Å². The van der Waals surface area contributed by atoms with Crippen molar-refractivity contribution in [1.82, 2.24) is 10.2 Å². The molecule has 1 saturated heterocycles. The highest BCUT2D eigenvalue weighted by atomic mass is 16.5. The lowest BCUT2D eigenvalue weighted by molar-refractivity contribution is -0.116. The van der Waals surface area contributed by atoms with E-state index in [1.165, 1.54) is 0 Å². The van der Waals surface area contributed by atoms with Gasteiger partial charge in [-0.25, -0.2) is 0 Å². The number of hydrogen-bond donors (Lipinski definition) is 2. The number of nitrogens with zero attached hydrogens (tertiary/aromatic N) is 1. The molecule has 4 rings (SSSR count). The second-order valence-corrected chi connectivity index (χ2v) is 7.60. The zero-order valence-corrected chi connectivity index (χ0v) is 16.7. The number of nitrogens with one attached hydrogen (secondary N) is 2. The van der Waals surface area contributed by atoms with Gasteiger partial charge in [0, 0.05) is 37.3 Å². The fourth-order valence-electron chi connectivity index (χ4n) is 3.94. The van der Waals surface area contributed by atoms with E-state index in [4.69, 9.17) is 9.15 Å². The van der Waals surface area contributed by atoms with Gasteiger partial charge in [0.25, 0.3) is 5.91 Å². The Morgan fingerprint density at radius 3 is 2.79 bits per heavy atom. The van der Waals surface area contributed by atoms with Crippen LogP contribution in [-0.2, 0) is 16.0 Å². The van der Waals surface area contributed by atoms with E-state index in [-0.39, 0.29) is 17.9 Å². The van der Waals surface area contributed by atoms with Crippen LogP contribution in [0.1, 0.15) is 46.3 Å². The molecule has 1 aromatic heterocycles. The number of furan rings is 1. The van der Waals surface area contributed by atoms with Crippen molar-refractivity contribution in [2.24, 2.45) is 0 Å². The van der Waals surface area contributed by atoms with Crippen molar-refractivity contribution in [2.75, 3.05) is 38.2 Å². The minimum absolute atomic E-state index is 0.0306. The first-order chi connectivity index (χ1) is 14.1. The number of anilines is 1. The second-order valence-electron chi connectivity index (χ2n) is 7.60. The summed E-state index contributed by atoms with van der Waals surface area (Å²) in [6, 6.07) is 9.37. The van der Waals surface area contributed by atoms with E-state index >= 15 is 0 Å². The van der Waals surface area contributed by atoms with Crippen LogP contribution in [0, 0.1) is 6.92 Å². The highest BCUT2D eigenvalue weighted by Crippen LogP contribution is 2.25. The number of rotatable bonds is 5. The summed E-state index contributed by atoms with van der Waals surface area (Å²) in [4.78, 5) is 26.8. The molecule has 1 aromatic carbocycles. The summed E-state index contributed by atoms with van der Waals surface area (Å²) in [5, 5.41) is 5.97. The van der Waals surface area contributed by atoms with Gasteiger partial charge in [0.1, 0.15) is 11.5 Å². The van der Waals surface area contributed by atoms with Gasteiger partial charge in [0.2, 0.25) is 5.91 Å². The molecular formula is C22H27N3O4. The first-order valence-electron chi connectivity index (χ1n) is 10.2. The van der Waals surface area contributed by atoms with Crippen molar-refractivity contribution in [3.05, 3.63) is 53.0 Å². The van der Waals surface area contributed by atoms with Gasteiger partial charge in [-0.15, -0.1) is 0 Å². The van der Waals surface area contributed by atoms with Gasteiger partial charge in [-0.3, -0.25) is 14.5 Å². The molecule has 29 heavy (non-hydrogen) atoms. The molecule has 0 aliphatic carbocycles. The molecule has 154 valence electrons. The summed E-state index contributed by atoms with van der Waals surface area (Å²) in [5.74, 6) is 1.62. The van der Waals surface area contributed by atoms with Crippen LogP contribution in [0.2, 0.25) is 0 Å². The number of fused-ring (bicyclic) bond motifs is 1. The molecule has 0 saturated carbocycles. The van der Waals surface area contributed by atoms with Crippen LogP contribution in [-0.4, -0.2) is 49.6 Å². The van der Waals surface area contributed by atoms with E-state index in [0.717, 1.165) is 48.7 Å². The highest BCUT2D eigenvalue weighted by molar-refractivity contribution is 5.97. The molecular weight excluding hydrogens is 370 g/mol. The Morgan fingerprint density at radius 2 is 2.03 bits per heavy atom. The number of amides is 2. The first-order valence-corrected chi connectivity index (χ1v) is 10.2. The molecule has 2 aromatic rings. The quantitative estimate of drug-likeness (QED) is 0.810. The van der Waals surface area contributed by atoms with E-state index in [1.54, 1.807) is 6.07 Å². The van der Waals surface area contributed by atoms with E-state index < -0.39 is 0 Å². The van der Waals surface area contributed by atoms with Gasteiger partial charge in [0.05, 0.1) is 19.3 Å². The third-order valence-corrected chi connectivity index (χ3v) is 5.52. The van der Waals surface area contributed by atoms with Gasteiger partial charge in [0.15, 0.2) is 0 Å². The number of morpholine rings is 1. The zero-order chi connectivity index (χ0) is 20.2. The summed E-state index contributed by atoms with van der Waals surface area (Å²) in [5.41, 5.74) is 2.42. The Kier molecular flexibility index (Phi) is 5.97. The SMILES string of the molecule is Cc1ccc(C(CNC(=O)c2ccc3c(c2)CCCC(=O)N3)N2CCOCC2)o1. The Bertz CT molecular complexity index is 886. The molecule has 1 fully saturated rings. The van der Waals surface area contributed by atoms with Gasteiger partial charge in [-0.1, -0.05) is 0 Å². The number of ether oxygens (including phenoxy) is 1. The average molecular weight is 397 g/mol. The molecule has 3 heterocycles. The Labute approximate surface area is 170 Å². The van der Waals surface area contributed by atoms with E-state index in [1.807, 2.05) is 31.2 Å². The number of benzene rings is 1. The van der Waals surface area contributed by atoms with Gasteiger partial charge >= 0.3 is 0 Å². The summed E-state index contributed by atoms with van der Waals surface area (Å²) in [6.07, 6.45) is 2.10. The molecule has 1 unspecified atom stereocenters. The van der Waals surface area contributed by atoms with Crippen molar-refractivity contribution in [3.63, 3.8) is 0 Å². The van der Waals surface area contributed by atoms with Crippen LogP contribution in [0.15, 0.2) is 34.7 Å². The van der Waals surface area contributed by atoms with E-state index in [2.05, 4.69) is 15.5 Å². The molecule has 2 N–H and O–H groups in total. The molecule has 0 radical (unpaired) electrons. The summed E-state index contributed by atoms with van der Waals surface area (Å²) in [6.45, 7) is 5.35. The topological polar surface area (TPSA) is 83.8 Å². The first kappa shape index (κ1) is 19.7. The molecule has 1 atom stereocenters. The van der Waals surface area contributed by atoms with Crippen molar-refractivity contribution >= 4 is 17.5 Å². The molecule has 2 aliphatic heterocycles. The molecule has 2 aliphatic rings. The molecule has 7 nitrogen and oxygen atoms in total. The summed E-state index contributed by atoms with van der Waals surface area (Å²) >= 11 is 0. The maximum atomic E-state index is 12.8. The maximum Gasteiger partial charge on any atom is 0.251 e. The highest BCUT2D eigenvalue weighted by Gasteiger charge is 2.26. The van der Waals surface area contributed by atoms with Gasteiger partial charge in [-0.2, -0.15) is 0 Å². The standard InChI is InChI=1S/C22H27N3O4/c1-15-5-8-20(29-15)19(25-9-11-28-12-10-25)14-23-22(27)17-6-7-18-16(13-17)3-2-4-21(26)24-18/h5-8,13,19H,2-4,9-12,14H2,1H3,(H,23,27)(H,24,26). The molecule has 0 bridgehead atoms. The van der Waals surface area contributed by atoms with Crippen LogP contribution in [0.5, 0.6) is 0 Å². The fraction of sp³-hybridized carbons (Fsp3) is 0.455. The Hall–Kier alpha value is -2.64. The predicted octanol–water partition coefficient (Wildman–Crippen LogP) is 2.67. The van der Waals surface area contributed by atoms with Gasteiger partial charge in [-0.05, 0) is 55.7 Å². The third kappa shape index (κ3) is 4.68. The van der Waals surface area contributed by atoms with Crippen molar-refractivity contribution < 1.29 is 18.7 Å². The van der Waals surface area contributed by atoms with Crippen molar-refractivity contribution in [2.45, 2.75) is 32.2 Å². The monoisotopic (exact) mass is 397 g/mol. The number of hydrogen-bond acceptors (Lipinski definition) is 5. The predicted molar refractivity (Wildman–Crippen MR) is 109 cm³/mol. The zero-order valence-electron chi connectivity index (χ0n) is 16.7. The molecule has 7 heteroatoms. The second kappa shape index (κ2) is 8.80.